The second-order valence-electron chi connectivity index (χ2n) is 9.08. The number of halogens is 7. The molecule has 0 saturated carbocycles. The monoisotopic (exact) mass is 535 g/mol. The molecule has 12 heteroatoms. The fourth-order valence-electron chi connectivity index (χ4n) is 4.69. The van der Waals surface area contributed by atoms with Crippen molar-refractivity contribution < 1.29 is 36.2 Å². The highest BCUT2D eigenvalue weighted by molar-refractivity contribution is 6.30. The van der Waals surface area contributed by atoms with Crippen molar-refractivity contribution in [1.29, 1.82) is 0 Å². The Morgan fingerprint density at radius 2 is 1.44 bits per heavy atom. The van der Waals surface area contributed by atoms with E-state index in [4.69, 9.17) is 11.6 Å². The first-order valence-corrected chi connectivity index (χ1v) is 11.7. The minimum Gasteiger partial charge on any atom is -0.390 e. The Kier molecular flexibility index (Phi) is 7.57. The molecule has 2 heterocycles. The molecule has 36 heavy (non-hydrogen) atoms. The van der Waals surface area contributed by atoms with Crippen LogP contribution in [0.5, 0.6) is 0 Å². The highest BCUT2D eigenvalue weighted by atomic mass is 35.5. The summed E-state index contributed by atoms with van der Waals surface area (Å²) in [5, 5.41) is 11.1. The van der Waals surface area contributed by atoms with Gasteiger partial charge in [0.15, 0.2) is 0 Å². The number of carbonyl (C=O) groups is 1. The summed E-state index contributed by atoms with van der Waals surface area (Å²) in [6.45, 7) is 2.11. The third-order valence-electron chi connectivity index (χ3n) is 6.57. The van der Waals surface area contributed by atoms with E-state index in [0.717, 1.165) is 12.1 Å². The van der Waals surface area contributed by atoms with E-state index in [1.807, 2.05) is 4.90 Å². The number of aliphatic hydroxyl groups excluding tert-OH is 1. The van der Waals surface area contributed by atoms with Crippen molar-refractivity contribution in [3.05, 3.63) is 69.7 Å². The van der Waals surface area contributed by atoms with Gasteiger partial charge in [-0.05, 0) is 48.0 Å². The van der Waals surface area contributed by atoms with E-state index in [9.17, 15) is 36.2 Å². The van der Waals surface area contributed by atoms with Crippen LogP contribution in [-0.4, -0.2) is 77.1 Å². The number of benzene rings is 2. The Morgan fingerprint density at radius 1 is 0.889 bits per heavy atom. The number of hydrogen-bond acceptors (Lipinski definition) is 4. The van der Waals surface area contributed by atoms with Crippen LogP contribution >= 0.6 is 11.6 Å². The van der Waals surface area contributed by atoms with Gasteiger partial charge in [0.25, 0.3) is 5.91 Å². The van der Waals surface area contributed by atoms with Crippen molar-refractivity contribution in [3.63, 3.8) is 0 Å². The first kappa shape index (κ1) is 26.7. The number of β-amino-alcohol motifs (C(OH)–C–C–N with tert-alkyl or cyclic N) is 1. The van der Waals surface area contributed by atoms with E-state index in [1.54, 1.807) is 34.1 Å². The molecule has 2 aromatic carbocycles. The smallest absolute Gasteiger partial charge is 0.390 e. The van der Waals surface area contributed by atoms with Crippen molar-refractivity contribution in [1.82, 2.24) is 14.7 Å². The molecule has 0 aliphatic carbocycles. The molecule has 2 unspecified atom stereocenters. The van der Waals surface area contributed by atoms with Crippen LogP contribution in [0.25, 0.3) is 0 Å². The predicted molar refractivity (Wildman–Crippen MR) is 120 cm³/mol. The summed E-state index contributed by atoms with van der Waals surface area (Å²) in [5.74, 6) is -0.225. The second-order valence-corrected chi connectivity index (χ2v) is 9.51. The molecule has 2 aromatic rings. The number of carbonyl (C=O) groups excluding carboxylic acids is 1. The number of alkyl halides is 6. The van der Waals surface area contributed by atoms with E-state index < -0.39 is 29.6 Å². The third kappa shape index (κ3) is 6.13. The number of aliphatic hydroxyl groups is 1. The fourth-order valence-corrected chi connectivity index (χ4v) is 4.82. The van der Waals surface area contributed by atoms with Crippen molar-refractivity contribution >= 4 is 17.5 Å². The molecule has 5 nitrogen and oxygen atoms in total. The van der Waals surface area contributed by atoms with Crippen LogP contribution in [0.2, 0.25) is 5.02 Å². The van der Waals surface area contributed by atoms with Crippen LogP contribution < -0.4 is 0 Å². The fraction of sp³-hybridized carbons (Fsp3) is 0.458. The number of amides is 1. The van der Waals surface area contributed by atoms with Crippen molar-refractivity contribution in [2.75, 3.05) is 39.3 Å². The van der Waals surface area contributed by atoms with Gasteiger partial charge in [0.2, 0.25) is 0 Å². The Hall–Kier alpha value is -2.34. The lowest BCUT2D eigenvalue weighted by atomic mass is 10.0. The van der Waals surface area contributed by atoms with Gasteiger partial charge in [0.05, 0.1) is 23.3 Å². The van der Waals surface area contributed by atoms with E-state index in [1.165, 1.54) is 0 Å². The Morgan fingerprint density at radius 3 is 1.97 bits per heavy atom. The van der Waals surface area contributed by atoms with Gasteiger partial charge in [0.1, 0.15) is 0 Å². The largest absolute Gasteiger partial charge is 0.416 e. The lowest BCUT2D eigenvalue weighted by Gasteiger charge is -2.38. The number of likely N-dealkylation sites (tertiary alicyclic amines) is 1. The Balaban J connectivity index is 1.37. The maximum atomic E-state index is 13.1. The molecule has 0 spiro atoms. The van der Waals surface area contributed by atoms with Crippen LogP contribution in [0.4, 0.5) is 26.3 Å². The predicted octanol–water partition coefficient (Wildman–Crippen LogP) is 4.38. The highest BCUT2D eigenvalue weighted by Crippen LogP contribution is 2.36. The molecule has 2 saturated heterocycles. The molecule has 2 aliphatic heterocycles. The zero-order chi connectivity index (χ0) is 26.3. The highest BCUT2D eigenvalue weighted by Gasteiger charge is 2.40. The molecule has 2 aliphatic rings. The number of piperazine rings is 1. The molecular formula is C24H24ClF6N3O2. The summed E-state index contributed by atoms with van der Waals surface area (Å²) in [5.41, 5.74) is -2.27. The topological polar surface area (TPSA) is 47.0 Å². The molecule has 2 atom stereocenters. The maximum absolute atomic E-state index is 13.1. The normalized spacial score (nSPS) is 22.3. The third-order valence-corrected chi connectivity index (χ3v) is 6.82. The van der Waals surface area contributed by atoms with Gasteiger partial charge in [-0.15, -0.1) is 0 Å². The van der Waals surface area contributed by atoms with Crippen LogP contribution in [0.15, 0.2) is 42.5 Å². The van der Waals surface area contributed by atoms with Gasteiger partial charge in [-0.25, -0.2) is 0 Å². The van der Waals surface area contributed by atoms with Gasteiger partial charge in [-0.2, -0.15) is 26.3 Å². The van der Waals surface area contributed by atoms with Gasteiger partial charge in [-0.3, -0.25) is 14.6 Å². The number of rotatable bonds is 4. The summed E-state index contributed by atoms with van der Waals surface area (Å²) in [6, 6.07) is 7.77. The van der Waals surface area contributed by atoms with E-state index in [0.29, 0.717) is 43.3 Å². The molecule has 196 valence electrons. The molecule has 1 amide bonds. The van der Waals surface area contributed by atoms with Gasteiger partial charge >= 0.3 is 12.4 Å². The standard InChI is InChI=1S/C24H24ClF6N3O2/c25-19-3-1-16(2-4-19)22(36)34-13-20(21(35)14-34)33-7-5-32(6-8-33)12-15-9-17(23(26,27)28)11-18(10-15)24(29,30)31/h1-4,9-11,20-21,35H,5-8,12-14H2. The van der Waals surface area contributed by atoms with Crippen molar-refractivity contribution in [2.45, 2.75) is 31.0 Å². The molecule has 4 rings (SSSR count). The summed E-state index contributed by atoms with van der Waals surface area (Å²) in [4.78, 5) is 18.1. The molecule has 0 radical (unpaired) electrons. The van der Waals surface area contributed by atoms with Crippen LogP contribution in [0, 0.1) is 0 Å². The minimum absolute atomic E-state index is 0.0603. The van der Waals surface area contributed by atoms with Crippen LogP contribution in [-0.2, 0) is 18.9 Å². The molecular weight excluding hydrogens is 512 g/mol. The second kappa shape index (κ2) is 10.2. The SMILES string of the molecule is O=C(c1ccc(Cl)cc1)N1CC(O)C(N2CCN(Cc3cc(C(F)(F)F)cc(C(F)(F)F)c3)CC2)C1. The van der Waals surface area contributed by atoms with E-state index in [2.05, 4.69) is 0 Å². The van der Waals surface area contributed by atoms with Crippen molar-refractivity contribution in [3.8, 4) is 0 Å². The molecule has 0 aromatic heterocycles. The van der Waals surface area contributed by atoms with Crippen molar-refractivity contribution in [2.24, 2.45) is 0 Å². The molecule has 1 N–H and O–H groups in total. The first-order chi connectivity index (χ1) is 16.8. The molecule has 2 fully saturated rings. The Bertz CT molecular complexity index is 1050. The average Bonchev–Trinajstić information content (AvgIpc) is 3.20. The van der Waals surface area contributed by atoms with E-state index in [-0.39, 0.29) is 36.7 Å². The number of nitrogens with zero attached hydrogens (tertiary/aromatic N) is 3. The van der Waals surface area contributed by atoms with E-state index >= 15 is 0 Å². The van der Waals surface area contributed by atoms with Crippen LogP contribution in [0.1, 0.15) is 27.0 Å². The first-order valence-electron chi connectivity index (χ1n) is 11.3. The summed E-state index contributed by atoms with van der Waals surface area (Å²) >= 11 is 5.87. The van der Waals surface area contributed by atoms with Gasteiger partial charge in [0, 0.05) is 56.4 Å². The van der Waals surface area contributed by atoms with Gasteiger partial charge < -0.3 is 10.0 Å². The zero-order valence-corrected chi connectivity index (χ0v) is 19.7. The van der Waals surface area contributed by atoms with Gasteiger partial charge in [-0.1, -0.05) is 11.6 Å². The quantitative estimate of drug-likeness (QED) is 0.590. The average molecular weight is 536 g/mol. The summed E-state index contributed by atoms with van der Waals surface area (Å²) in [6.07, 6.45) is -10.5. The lowest BCUT2D eigenvalue weighted by molar-refractivity contribution is -0.143. The minimum atomic E-state index is -4.89. The lowest BCUT2D eigenvalue weighted by Crippen LogP contribution is -2.53. The maximum Gasteiger partial charge on any atom is 0.416 e. The molecule has 0 bridgehead atoms. The zero-order valence-electron chi connectivity index (χ0n) is 19.0. The number of hydrogen-bond donors (Lipinski definition) is 1. The van der Waals surface area contributed by atoms with Crippen LogP contribution in [0.3, 0.4) is 0 Å². The Labute approximate surface area is 208 Å². The summed E-state index contributed by atoms with van der Waals surface area (Å²) < 4.78 is 78.9. The summed E-state index contributed by atoms with van der Waals surface area (Å²) in [7, 11) is 0.